The summed E-state index contributed by atoms with van der Waals surface area (Å²) in [4.78, 5) is 0. The molecule has 1 unspecified atom stereocenters. The molecule has 0 aliphatic carbocycles. The summed E-state index contributed by atoms with van der Waals surface area (Å²) in [5, 5.41) is 0. The lowest BCUT2D eigenvalue weighted by molar-refractivity contribution is 0.410. The second-order valence-corrected chi connectivity index (χ2v) is 5.02. The molecule has 0 aliphatic heterocycles. The van der Waals surface area contributed by atoms with E-state index in [-0.39, 0.29) is 6.04 Å². The Bertz CT molecular complexity index is 550. The summed E-state index contributed by atoms with van der Waals surface area (Å²) in [5.74, 6) is 7.61. The summed E-state index contributed by atoms with van der Waals surface area (Å²) >= 11 is 0. The van der Waals surface area contributed by atoms with Gasteiger partial charge in [0.05, 0.1) is 13.4 Å². The van der Waals surface area contributed by atoms with Crippen molar-refractivity contribution in [2.45, 2.75) is 32.7 Å². The van der Waals surface area contributed by atoms with Gasteiger partial charge in [-0.15, -0.1) is 0 Å². The van der Waals surface area contributed by atoms with E-state index in [1.807, 2.05) is 19.1 Å². The fourth-order valence-electron chi connectivity index (χ4n) is 2.48. The molecule has 2 rings (SSSR count). The van der Waals surface area contributed by atoms with E-state index in [0.29, 0.717) is 0 Å². The topological polar surface area (TPSA) is 60.4 Å². The summed E-state index contributed by atoms with van der Waals surface area (Å²) in [6.07, 6.45) is 3.44. The van der Waals surface area contributed by atoms with Crippen LogP contribution < -0.4 is 16.0 Å². The van der Waals surface area contributed by atoms with Gasteiger partial charge in [-0.3, -0.25) is 11.3 Å². The average molecular weight is 274 g/mol. The lowest BCUT2D eigenvalue weighted by Crippen LogP contribution is -2.29. The highest BCUT2D eigenvalue weighted by Crippen LogP contribution is 2.28. The minimum absolute atomic E-state index is 0.102. The first-order chi connectivity index (χ1) is 9.65. The van der Waals surface area contributed by atoms with Crippen molar-refractivity contribution in [2.24, 2.45) is 5.84 Å². The summed E-state index contributed by atoms with van der Waals surface area (Å²) < 4.78 is 10.7. The highest BCUT2D eigenvalue weighted by molar-refractivity contribution is 5.42. The van der Waals surface area contributed by atoms with Gasteiger partial charge in [-0.25, -0.2) is 0 Å². The number of hydrogen-bond donors (Lipinski definition) is 2. The smallest absolute Gasteiger partial charge is 0.122 e. The van der Waals surface area contributed by atoms with Gasteiger partial charge in [0.2, 0.25) is 0 Å². The molecule has 0 radical (unpaired) electrons. The first kappa shape index (κ1) is 14.6. The van der Waals surface area contributed by atoms with E-state index in [4.69, 9.17) is 15.0 Å². The maximum Gasteiger partial charge on any atom is 0.122 e. The van der Waals surface area contributed by atoms with Gasteiger partial charge in [-0.2, -0.15) is 0 Å². The highest BCUT2D eigenvalue weighted by Gasteiger charge is 2.15. The monoisotopic (exact) mass is 274 g/mol. The van der Waals surface area contributed by atoms with Crippen LogP contribution in [0.4, 0.5) is 0 Å². The van der Waals surface area contributed by atoms with Crippen LogP contribution in [0.15, 0.2) is 34.9 Å². The predicted molar refractivity (Wildman–Crippen MR) is 79.6 cm³/mol. The number of hydrazine groups is 1. The number of nitrogens with one attached hydrogen (secondary N) is 1. The summed E-state index contributed by atoms with van der Waals surface area (Å²) in [5.41, 5.74) is 6.40. The molecule has 0 saturated carbocycles. The third-order valence-corrected chi connectivity index (χ3v) is 3.62. The number of furan rings is 1. The molecule has 1 atom stereocenters. The average Bonchev–Trinajstić information content (AvgIpc) is 2.96. The molecule has 2 aromatic rings. The van der Waals surface area contributed by atoms with E-state index in [0.717, 1.165) is 29.9 Å². The third kappa shape index (κ3) is 3.21. The molecule has 0 bridgehead atoms. The molecule has 0 aliphatic rings. The molecule has 3 N–H and O–H groups in total. The second kappa shape index (κ2) is 6.59. The molecule has 1 heterocycles. The third-order valence-electron chi connectivity index (χ3n) is 3.62. The van der Waals surface area contributed by atoms with Crippen LogP contribution in [0.3, 0.4) is 0 Å². The van der Waals surface area contributed by atoms with E-state index in [1.54, 1.807) is 13.4 Å². The predicted octanol–water partition coefficient (Wildman–Crippen LogP) is 3.04. The second-order valence-electron chi connectivity index (χ2n) is 5.02. The summed E-state index contributed by atoms with van der Waals surface area (Å²) in [7, 11) is 1.69. The molecule has 0 saturated heterocycles. The van der Waals surface area contributed by atoms with Gasteiger partial charge in [-0.05, 0) is 55.2 Å². The van der Waals surface area contributed by atoms with Crippen LogP contribution >= 0.6 is 0 Å². The van der Waals surface area contributed by atoms with Crippen molar-refractivity contribution in [3.8, 4) is 5.75 Å². The highest BCUT2D eigenvalue weighted by atomic mass is 16.5. The lowest BCUT2D eigenvalue weighted by Gasteiger charge is -2.20. The Balaban J connectivity index is 2.16. The van der Waals surface area contributed by atoms with E-state index >= 15 is 0 Å². The number of methoxy groups -OCH3 is 1. The summed E-state index contributed by atoms with van der Waals surface area (Å²) in [6.45, 7) is 4.12. The maximum atomic E-state index is 5.72. The van der Waals surface area contributed by atoms with Crippen LogP contribution in [0.25, 0.3) is 0 Å². The van der Waals surface area contributed by atoms with E-state index in [2.05, 4.69) is 24.5 Å². The minimum Gasteiger partial charge on any atom is -0.496 e. The molecular formula is C16H22N2O2. The quantitative estimate of drug-likeness (QED) is 0.628. The van der Waals surface area contributed by atoms with Crippen molar-refractivity contribution in [1.82, 2.24) is 5.43 Å². The minimum atomic E-state index is 0.102. The van der Waals surface area contributed by atoms with Gasteiger partial charge >= 0.3 is 0 Å². The number of ether oxygens (including phenoxy) is 1. The van der Waals surface area contributed by atoms with Crippen LogP contribution in [0.2, 0.25) is 0 Å². The van der Waals surface area contributed by atoms with E-state index < -0.39 is 0 Å². The van der Waals surface area contributed by atoms with Crippen molar-refractivity contribution in [1.29, 1.82) is 0 Å². The van der Waals surface area contributed by atoms with Gasteiger partial charge in [-0.1, -0.05) is 6.07 Å². The molecule has 20 heavy (non-hydrogen) atoms. The molecule has 1 aromatic carbocycles. The Morgan fingerprint density at radius 1 is 1.30 bits per heavy atom. The fraction of sp³-hybridized carbons (Fsp3) is 0.375. The largest absolute Gasteiger partial charge is 0.496 e. The number of nitrogens with two attached hydrogens (primary N) is 1. The van der Waals surface area contributed by atoms with E-state index in [1.165, 1.54) is 11.1 Å². The van der Waals surface area contributed by atoms with Crippen LogP contribution in [0.5, 0.6) is 5.75 Å². The van der Waals surface area contributed by atoms with Crippen molar-refractivity contribution in [3.63, 3.8) is 0 Å². The SMILES string of the molecule is COc1cc(C)c(C(CCc2ccco2)NN)cc1C. The van der Waals surface area contributed by atoms with Crippen LogP contribution in [-0.2, 0) is 6.42 Å². The molecule has 0 spiro atoms. The van der Waals surface area contributed by atoms with Crippen molar-refractivity contribution >= 4 is 0 Å². The number of aryl methyl sites for hydroxylation is 3. The standard InChI is InChI=1S/C16H22N2O2/c1-11-10-16(19-3)12(2)9-14(11)15(18-17)7-6-13-5-4-8-20-13/h4-5,8-10,15,18H,6-7,17H2,1-3H3. The van der Waals surface area contributed by atoms with Gasteiger partial charge < -0.3 is 9.15 Å². The zero-order chi connectivity index (χ0) is 14.5. The zero-order valence-electron chi connectivity index (χ0n) is 12.3. The van der Waals surface area contributed by atoms with Crippen molar-refractivity contribution in [3.05, 3.63) is 53.0 Å². The van der Waals surface area contributed by atoms with Gasteiger partial charge in [0.15, 0.2) is 0 Å². The normalized spacial score (nSPS) is 12.4. The number of benzene rings is 1. The van der Waals surface area contributed by atoms with Gasteiger partial charge in [0.1, 0.15) is 11.5 Å². The summed E-state index contributed by atoms with van der Waals surface area (Å²) in [6, 6.07) is 8.19. The van der Waals surface area contributed by atoms with Gasteiger partial charge in [0, 0.05) is 12.5 Å². The Hall–Kier alpha value is -1.78. The molecule has 0 fully saturated rings. The molecule has 1 aromatic heterocycles. The molecular weight excluding hydrogens is 252 g/mol. The molecule has 4 heteroatoms. The fourth-order valence-corrected chi connectivity index (χ4v) is 2.48. The number of rotatable bonds is 6. The van der Waals surface area contributed by atoms with Crippen molar-refractivity contribution < 1.29 is 9.15 Å². The van der Waals surface area contributed by atoms with E-state index in [9.17, 15) is 0 Å². The van der Waals surface area contributed by atoms with Crippen molar-refractivity contribution in [2.75, 3.05) is 7.11 Å². The van der Waals surface area contributed by atoms with Crippen LogP contribution in [-0.4, -0.2) is 7.11 Å². The maximum absolute atomic E-state index is 5.72. The van der Waals surface area contributed by atoms with Gasteiger partial charge in [0.25, 0.3) is 0 Å². The molecule has 108 valence electrons. The van der Waals surface area contributed by atoms with Crippen LogP contribution in [0, 0.1) is 13.8 Å². The Morgan fingerprint density at radius 3 is 2.70 bits per heavy atom. The molecule has 4 nitrogen and oxygen atoms in total. The first-order valence-electron chi connectivity index (χ1n) is 6.79. The zero-order valence-corrected chi connectivity index (χ0v) is 12.3. The van der Waals surface area contributed by atoms with Crippen LogP contribution in [0.1, 0.15) is 34.9 Å². The Morgan fingerprint density at radius 2 is 2.10 bits per heavy atom. The molecule has 0 amide bonds. The Labute approximate surface area is 119 Å². The Kier molecular flexibility index (Phi) is 4.82. The lowest BCUT2D eigenvalue weighted by atomic mass is 9.95. The number of hydrogen-bond acceptors (Lipinski definition) is 4. The first-order valence-corrected chi connectivity index (χ1v) is 6.79.